The van der Waals surface area contributed by atoms with Gasteiger partial charge in [0.05, 0.1) is 7.11 Å². The molecule has 1 fully saturated rings. The third-order valence-electron chi connectivity index (χ3n) is 5.31. The molecule has 0 aliphatic heterocycles. The van der Waals surface area contributed by atoms with Crippen LogP contribution in [0.15, 0.2) is 11.8 Å². The van der Waals surface area contributed by atoms with Crippen molar-refractivity contribution < 1.29 is 9.53 Å². The maximum absolute atomic E-state index is 12.8. The Balaban J connectivity index is 2.79. The van der Waals surface area contributed by atoms with Crippen molar-refractivity contribution in [3.8, 4) is 0 Å². The smallest absolute Gasteiger partial charge is 0.164 e. The van der Waals surface area contributed by atoms with E-state index in [0.717, 1.165) is 37.4 Å². The summed E-state index contributed by atoms with van der Waals surface area (Å²) in [6, 6.07) is 0. The lowest BCUT2D eigenvalue weighted by molar-refractivity contribution is -0.124. The quantitative estimate of drug-likeness (QED) is 0.413. The first-order valence-corrected chi connectivity index (χ1v) is 8.76. The van der Waals surface area contributed by atoms with Gasteiger partial charge in [0, 0.05) is 17.4 Å². The summed E-state index contributed by atoms with van der Waals surface area (Å²) in [4.78, 5) is 12.8. The Kier molecular flexibility index (Phi) is 7.48. The maximum Gasteiger partial charge on any atom is 0.164 e. The van der Waals surface area contributed by atoms with Gasteiger partial charge in [-0.05, 0) is 25.2 Å². The highest BCUT2D eigenvalue weighted by atomic mass is 16.5. The van der Waals surface area contributed by atoms with Crippen molar-refractivity contribution in [3.05, 3.63) is 11.8 Å². The molecular formula is C19H34O2. The predicted octanol–water partition coefficient (Wildman–Crippen LogP) is 5.52. The standard InChI is InChI=1S/C19H34O2/c1-6-10-15(3)17(21-5)13-18(20)19(4,7-2)14-16-11-8-9-12-16/h13,15-16H,6-12,14H2,1-5H3/b17-13-. The molecule has 2 nitrogen and oxygen atoms in total. The summed E-state index contributed by atoms with van der Waals surface area (Å²) < 4.78 is 5.49. The molecule has 0 spiro atoms. The molecule has 21 heavy (non-hydrogen) atoms. The van der Waals surface area contributed by atoms with Crippen molar-refractivity contribution in [1.82, 2.24) is 0 Å². The fourth-order valence-electron chi connectivity index (χ4n) is 3.55. The normalized spacial score (nSPS) is 21.1. The third kappa shape index (κ3) is 5.16. The number of carbonyl (C=O) groups is 1. The van der Waals surface area contributed by atoms with Gasteiger partial charge in [0.2, 0.25) is 0 Å². The van der Waals surface area contributed by atoms with E-state index in [9.17, 15) is 4.79 Å². The Morgan fingerprint density at radius 2 is 1.95 bits per heavy atom. The van der Waals surface area contributed by atoms with Crippen LogP contribution in [-0.2, 0) is 9.53 Å². The number of hydrogen-bond acceptors (Lipinski definition) is 2. The number of rotatable bonds is 9. The number of ketones is 1. The second-order valence-corrected chi connectivity index (χ2v) is 7.07. The van der Waals surface area contributed by atoms with Gasteiger partial charge in [0.15, 0.2) is 5.78 Å². The maximum atomic E-state index is 12.8. The molecule has 0 heterocycles. The van der Waals surface area contributed by atoms with E-state index in [1.807, 2.05) is 0 Å². The zero-order valence-corrected chi connectivity index (χ0v) is 14.7. The molecule has 2 unspecified atom stereocenters. The predicted molar refractivity (Wildman–Crippen MR) is 89.1 cm³/mol. The van der Waals surface area contributed by atoms with Gasteiger partial charge >= 0.3 is 0 Å². The summed E-state index contributed by atoms with van der Waals surface area (Å²) in [7, 11) is 1.69. The summed E-state index contributed by atoms with van der Waals surface area (Å²) in [6.07, 6.45) is 11.2. The number of hydrogen-bond donors (Lipinski definition) is 0. The minimum absolute atomic E-state index is 0.218. The van der Waals surface area contributed by atoms with Crippen LogP contribution in [0.5, 0.6) is 0 Å². The van der Waals surface area contributed by atoms with E-state index < -0.39 is 0 Å². The topological polar surface area (TPSA) is 26.3 Å². The summed E-state index contributed by atoms with van der Waals surface area (Å²) >= 11 is 0. The first-order chi connectivity index (χ1) is 9.96. The molecule has 0 bridgehead atoms. The van der Waals surface area contributed by atoms with Gasteiger partial charge in [0.1, 0.15) is 5.76 Å². The highest BCUT2D eigenvalue weighted by Gasteiger charge is 2.34. The fourth-order valence-corrected chi connectivity index (χ4v) is 3.55. The molecule has 1 aliphatic rings. The molecular weight excluding hydrogens is 260 g/mol. The second kappa shape index (κ2) is 8.60. The number of allylic oxidation sites excluding steroid dienone is 2. The minimum Gasteiger partial charge on any atom is -0.501 e. The Morgan fingerprint density at radius 3 is 2.43 bits per heavy atom. The van der Waals surface area contributed by atoms with Gasteiger partial charge in [0.25, 0.3) is 0 Å². The Hall–Kier alpha value is -0.790. The SMILES string of the molecule is CCCC(C)/C(=C/C(=O)C(C)(CC)CC1CCCC1)OC. The molecule has 0 aromatic carbocycles. The van der Waals surface area contributed by atoms with Crippen molar-refractivity contribution in [3.63, 3.8) is 0 Å². The van der Waals surface area contributed by atoms with Crippen molar-refractivity contribution in [1.29, 1.82) is 0 Å². The van der Waals surface area contributed by atoms with Crippen LogP contribution in [0.25, 0.3) is 0 Å². The zero-order valence-electron chi connectivity index (χ0n) is 14.7. The van der Waals surface area contributed by atoms with Gasteiger partial charge in [-0.1, -0.05) is 59.8 Å². The second-order valence-electron chi connectivity index (χ2n) is 7.07. The van der Waals surface area contributed by atoms with E-state index in [2.05, 4.69) is 27.7 Å². The summed E-state index contributed by atoms with van der Waals surface area (Å²) in [5, 5.41) is 0. The monoisotopic (exact) mass is 294 g/mol. The first kappa shape index (κ1) is 18.3. The molecule has 0 saturated heterocycles. The van der Waals surface area contributed by atoms with E-state index >= 15 is 0 Å². The lowest BCUT2D eigenvalue weighted by Crippen LogP contribution is -2.28. The first-order valence-electron chi connectivity index (χ1n) is 8.76. The van der Waals surface area contributed by atoms with E-state index in [4.69, 9.17) is 4.74 Å². The molecule has 0 aromatic heterocycles. The zero-order chi connectivity index (χ0) is 15.9. The lowest BCUT2D eigenvalue weighted by atomic mass is 9.74. The molecule has 2 heteroatoms. The molecule has 0 amide bonds. The third-order valence-corrected chi connectivity index (χ3v) is 5.31. The Bertz CT molecular complexity index is 353. The number of carbonyl (C=O) groups excluding carboxylic acids is 1. The molecule has 0 aromatic rings. The Labute approximate surface area is 131 Å². The molecule has 1 rings (SSSR count). The largest absolute Gasteiger partial charge is 0.501 e. The summed E-state index contributed by atoms with van der Waals surface area (Å²) in [6.45, 7) is 8.60. The van der Waals surface area contributed by atoms with Crippen LogP contribution in [0, 0.1) is 17.3 Å². The average molecular weight is 294 g/mol. The van der Waals surface area contributed by atoms with Crippen molar-refractivity contribution in [2.45, 2.75) is 79.1 Å². The minimum atomic E-state index is -0.218. The van der Waals surface area contributed by atoms with Crippen LogP contribution in [0.1, 0.15) is 79.1 Å². The van der Waals surface area contributed by atoms with Crippen LogP contribution < -0.4 is 0 Å². The van der Waals surface area contributed by atoms with Crippen molar-refractivity contribution >= 4 is 5.78 Å². The van der Waals surface area contributed by atoms with Gasteiger partial charge in [-0.3, -0.25) is 4.79 Å². The van der Waals surface area contributed by atoms with Crippen LogP contribution in [0.2, 0.25) is 0 Å². The highest BCUT2D eigenvalue weighted by Crippen LogP contribution is 2.39. The molecule has 2 atom stereocenters. The van der Waals surface area contributed by atoms with Gasteiger partial charge in [-0.15, -0.1) is 0 Å². The van der Waals surface area contributed by atoms with E-state index in [1.165, 1.54) is 25.7 Å². The fraction of sp³-hybridized carbons (Fsp3) is 0.842. The van der Waals surface area contributed by atoms with Gasteiger partial charge < -0.3 is 4.74 Å². The van der Waals surface area contributed by atoms with Crippen LogP contribution >= 0.6 is 0 Å². The molecule has 0 N–H and O–H groups in total. The lowest BCUT2D eigenvalue weighted by Gasteiger charge is -2.29. The van der Waals surface area contributed by atoms with Crippen LogP contribution in [0.3, 0.4) is 0 Å². The van der Waals surface area contributed by atoms with E-state index in [0.29, 0.717) is 5.92 Å². The summed E-state index contributed by atoms with van der Waals surface area (Å²) in [5.74, 6) is 2.19. The van der Waals surface area contributed by atoms with Gasteiger partial charge in [-0.2, -0.15) is 0 Å². The molecule has 1 saturated carbocycles. The van der Waals surface area contributed by atoms with Crippen molar-refractivity contribution in [2.75, 3.05) is 7.11 Å². The number of methoxy groups -OCH3 is 1. The Morgan fingerprint density at radius 1 is 1.33 bits per heavy atom. The van der Waals surface area contributed by atoms with Gasteiger partial charge in [-0.25, -0.2) is 0 Å². The van der Waals surface area contributed by atoms with Crippen LogP contribution in [-0.4, -0.2) is 12.9 Å². The average Bonchev–Trinajstić information content (AvgIpc) is 2.97. The highest BCUT2D eigenvalue weighted by molar-refractivity contribution is 5.94. The van der Waals surface area contributed by atoms with Crippen molar-refractivity contribution in [2.24, 2.45) is 17.3 Å². The van der Waals surface area contributed by atoms with E-state index in [-0.39, 0.29) is 11.2 Å². The number of ether oxygens (including phenoxy) is 1. The van der Waals surface area contributed by atoms with Crippen LogP contribution in [0.4, 0.5) is 0 Å². The summed E-state index contributed by atoms with van der Waals surface area (Å²) in [5.41, 5.74) is -0.218. The molecule has 1 aliphatic carbocycles. The van der Waals surface area contributed by atoms with E-state index in [1.54, 1.807) is 13.2 Å². The molecule has 0 radical (unpaired) electrons. The molecule has 122 valence electrons.